The highest BCUT2D eigenvalue weighted by Gasteiger charge is 2.17. The number of rotatable bonds is 3. The van der Waals surface area contributed by atoms with Crippen LogP contribution in [0.4, 0.5) is 0 Å². The molecular weight excluding hydrogens is 120 g/mol. The first-order chi connectivity index (χ1) is 7.23. The summed E-state index contributed by atoms with van der Waals surface area (Å²) in [6, 6.07) is 0. The first-order valence-corrected chi connectivity index (χ1v) is 2.00. The van der Waals surface area contributed by atoms with E-state index in [0.29, 0.717) is 0 Å². The Balaban J connectivity index is 5.67. The van der Waals surface area contributed by atoms with Crippen molar-refractivity contribution in [1.29, 1.82) is 0 Å². The molecule has 0 aromatic heterocycles. The predicted octanol–water partition coefficient (Wildman–Crippen LogP) is 0.686. The quantitative estimate of drug-likeness (QED) is 0.583. The van der Waals surface area contributed by atoms with Crippen molar-refractivity contribution in [2.75, 3.05) is 0 Å². The minimum absolute atomic E-state index is 1.98. The van der Waals surface area contributed by atoms with Gasteiger partial charge in [-0.1, -0.05) is 13.7 Å². The Labute approximate surface area is 64.9 Å². The molecule has 0 saturated heterocycles. The molecule has 0 fully saturated rings. The molecule has 1 unspecified atom stereocenters. The van der Waals surface area contributed by atoms with Gasteiger partial charge in [0.1, 0.15) is 0 Å². The van der Waals surface area contributed by atoms with Gasteiger partial charge in [0.05, 0.1) is 0 Å². The molecule has 0 rings (SSSR count). The van der Waals surface area contributed by atoms with E-state index in [-0.39, 0.29) is 0 Å². The monoisotopic (exact) mass is 138 g/mol. The van der Waals surface area contributed by atoms with E-state index in [4.69, 9.17) is 16.1 Å². The Bertz CT molecular complexity index is 327. The Morgan fingerprint density at radius 3 is 2.89 bits per heavy atom. The summed E-state index contributed by atoms with van der Waals surface area (Å²) in [6.07, 6.45) is -3.45. The van der Waals surface area contributed by atoms with Crippen LogP contribution in [0, 0.1) is 5.92 Å². The van der Waals surface area contributed by atoms with Gasteiger partial charge in [-0.15, -0.1) is 0 Å². The molecule has 1 atom stereocenters. The standard InChI is InChI=1S/C6H10O3/c1-3-4(2)5(7)6(8)9/h4H,3H2,1-2H3,(H,8,9)/i1D3,2D3,3D2. The summed E-state index contributed by atoms with van der Waals surface area (Å²) in [4.78, 5) is 21.5. The van der Waals surface area contributed by atoms with Crippen molar-refractivity contribution < 1.29 is 25.7 Å². The van der Waals surface area contributed by atoms with E-state index >= 15 is 0 Å². The van der Waals surface area contributed by atoms with E-state index in [1.165, 1.54) is 0 Å². The molecule has 0 aliphatic heterocycles. The van der Waals surface area contributed by atoms with Gasteiger partial charge < -0.3 is 5.11 Å². The largest absolute Gasteiger partial charge is 0.475 e. The molecule has 0 bridgehead atoms. The van der Waals surface area contributed by atoms with Gasteiger partial charge in [-0.3, -0.25) is 4.79 Å². The van der Waals surface area contributed by atoms with E-state index < -0.39 is 37.7 Å². The number of carbonyl (C=O) groups is 2. The summed E-state index contributed by atoms with van der Waals surface area (Å²) in [7, 11) is 0. The number of carboxylic acid groups (broad SMARTS) is 1. The van der Waals surface area contributed by atoms with Crippen molar-refractivity contribution in [3.8, 4) is 0 Å². The predicted molar refractivity (Wildman–Crippen MR) is 32.1 cm³/mol. The third kappa shape index (κ3) is 2.26. The average Bonchev–Trinajstić information content (AvgIpc) is 1.97. The maximum Gasteiger partial charge on any atom is 0.372 e. The van der Waals surface area contributed by atoms with E-state index in [1.54, 1.807) is 0 Å². The SMILES string of the molecule is [2H]C([2H])([2H])C(C(=O)C(=O)O)C([2H])([2H])C([2H])([2H])[2H]. The van der Waals surface area contributed by atoms with Crippen molar-refractivity contribution in [3.05, 3.63) is 0 Å². The number of carbonyl (C=O) groups excluding carboxylic acids is 1. The highest BCUT2D eigenvalue weighted by molar-refractivity contribution is 6.33. The molecule has 9 heavy (non-hydrogen) atoms. The van der Waals surface area contributed by atoms with Crippen LogP contribution in [0.2, 0.25) is 0 Å². The molecule has 0 amide bonds. The number of ketones is 1. The molecule has 1 N–H and O–H groups in total. The molecule has 3 heteroatoms. The highest BCUT2D eigenvalue weighted by atomic mass is 16.4. The van der Waals surface area contributed by atoms with E-state index in [9.17, 15) is 9.59 Å². The fraction of sp³-hybridized carbons (Fsp3) is 0.667. The first kappa shape index (κ1) is 1.81. The fourth-order valence-electron chi connectivity index (χ4n) is 0.189. The number of hydrogen-bond donors (Lipinski definition) is 1. The molecule has 52 valence electrons. The lowest BCUT2D eigenvalue weighted by atomic mass is 10.0. The second kappa shape index (κ2) is 3.22. The van der Waals surface area contributed by atoms with Gasteiger partial charge in [-0.05, 0) is 6.37 Å². The number of carboxylic acids is 1. The van der Waals surface area contributed by atoms with Crippen LogP contribution in [0.1, 0.15) is 31.0 Å². The van der Waals surface area contributed by atoms with Crippen LogP contribution in [0.3, 0.4) is 0 Å². The lowest BCUT2D eigenvalue weighted by Gasteiger charge is -1.99. The summed E-state index contributed by atoms with van der Waals surface area (Å²) < 4.78 is 55.6. The third-order valence-corrected chi connectivity index (χ3v) is 0.617. The van der Waals surface area contributed by atoms with Gasteiger partial charge in [-0.2, -0.15) is 0 Å². The summed E-state index contributed by atoms with van der Waals surface area (Å²) >= 11 is 0. The lowest BCUT2D eigenvalue weighted by Crippen LogP contribution is -2.19. The Hall–Kier alpha value is -0.860. The minimum atomic E-state index is -3.45. The maximum absolute atomic E-state index is 11.1. The molecule has 0 spiro atoms. The van der Waals surface area contributed by atoms with Crippen LogP contribution in [-0.4, -0.2) is 16.9 Å². The van der Waals surface area contributed by atoms with E-state index in [0.717, 1.165) is 0 Å². The zero-order valence-corrected chi connectivity index (χ0v) is 4.34. The molecule has 0 aliphatic carbocycles. The number of Topliss-reactive ketones (excluding diaryl/α,β-unsaturated/α-hetero) is 1. The van der Waals surface area contributed by atoms with Crippen LogP contribution in [0.15, 0.2) is 0 Å². The second-order valence-corrected chi connectivity index (χ2v) is 1.25. The van der Waals surface area contributed by atoms with E-state index in [1.807, 2.05) is 0 Å². The number of hydrogen-bond acceptors (Lipinski definition) is 2. The average molecular weight is 138 g/mol. The van der Waals surface area contributed by atoms with Crippen LogP contribution in [-0.2, 0) is 9.59 Å². The summed E-state index contributed by atoms with van der Waals surface area (Å²) in [5.41, 5.74) is 0. The summed E-state index contributed by atoms with van der Waals surface area (Å²) in [6.45, 7) is -6.77. The van der Waals surface area contributed by atoms with Crippen LogP contribution >= 0.6 is 0 Å². The molecule has 0 saturated carbocycles. The summed E-state index contributed by atoms with van der Waals surface area (Å²) in [5.74, 6) is -6.90. The van der Waals surface area contributed by atoms with E-state index in [2.05, 4.69) is 0 Å². The van der Waals surface area contributed by atoms with Gasteiger partial charge in [0, 0.05) is 16.9 Å². The Morgan fingerprint density at radius 2 is 2.56 bits per heavy atom. The molecule has 0 aliphatic rings. The molecule has 0 heterocycles. The van der Waals surface area contributed by atoms with Crippen molar-refractivity contribution in [2.45, 2.75) is 20.1 Å². The van der Waals surface area contributed by atoms with Gasteiger partial charge in [0.2, 0.25) is 5.78 Å². The zero-order valence-electron chi connectivity index (χ0n) is 12.3. The lowest BCUT2D eigenvalue weighted by molar-refractivity contribution is -0.150. The molecule has 3 nitrogen and oxygen atoms in total. The summed E-state index contributed by atoms with van der Waals surface area (Å²) in [5, 5.41) is 8.39. The van der Waals surface area contributed by atoms with Crippen LogP contribution in [0.25, 0.3) is 0 Å². The second-order valence-electron chi connectivity index (χ2n) is 1.25. The fourth-order valence-corrected chi connectivity index (χ4v) is 0.189. The topological polar surface area (TPSA) is 54.4 Å². The van der Waals surface area contributed by atoms with Crippen molar-refractivity contribution in [2.24, 2.45) is 5.92 Å². The molecule has 0 aromatic carbocycles. The van der Waals surface area contributed by atoms with Gasteiger partial charge >= 0.3 is 5.97 Å². The highest BCUT2D eigenvalue weighted by Crippen LogP contribution is 2.00. The first-order valence-electron chi connectivity index (χ1n) is 6.00. The minimum Gasteiger partial charge on any atom is -0.475 e. The van der Waals surface area contributed by atoms with Crippen LogP contribution in [0.5, 0.6) is 0 Å². The van der Waals surface area contributed by atoms with Crippen LogP contribution < -0.4 is 0 Å². The normalized spacial score (nSPS) is 30.2. The van der Waals surface area contributed by atoms with Crippen molar-refractivity contribution >= 4 is 11.8 Å². The van der Waals surface area contributed by atoms with Gasteiger partial charge in [0.25, 0.3) is 0 Å². The Kier molecular flexibility index (Phi) is 0.648. The molecule has 0 aromatic rings. The van der Waals surface area contributed by atoms with Gasteiger partial charge in [0.15, 0.2) is 0 Å². The smallest absolute Gasteiger partial charge is 0.372 e. The molecule has 0 radical (unpaired) electrons. The zero-order chi connectivity index (χ0) is 14.2. The molecular formula is C6H10O3. The van der Waals surface area contributed by atoms with Crippen molar-refractivity contribution in [1.82, 2.24) is 0 Å². The third-order valence-electron chi connectivity index (χ3n) is 0.617. The van der Waals surface area contributed by atoms with Gasteiger partial charge in [-0.25, -0.2) is 4.79 Å². The maximum atomic E-state index is 11.1. The number of aliphatic carboxylic acids is 1. The Morgan fingerprint density at radius 1 is 1.89 bits per heavy atom. The van der Waals surface area contributed by atoms with Crippen molar-refractivity contribution in [3.63, 3.8) is 0 Å².